The van der Waals surface area contributed by atoms with Crippen LogP contribution in [0.15, 0.2) is 24.4 Å². The minimum Gasteiger partial charge on any atom is -0.494 e. The Kier molecular flexibility index (Phi) is 4.87. The Morgan fingerprint density at radius 1 is 1.57 bits per heavy atom. The first kappa shape index (κ1) is 15.0. The van der Waals surface area contributed by atoms with Crippen LogP contribution in [-0.4, -0.2) is 24.5 Å². The van der Waals surface area contributed by atoms with Crippen LogP contribution in [0.2, 0.25) is 0 Å². The molecule has 7 heteroatoms. The molecule has 5 nitrogen and oxygen atoms in total. The summed E-state index contributed by atoms with van der Waals surface area (Å²) in [5, 5.41) is 3.02. The molecular weight excluding hydrogens is 293 g/mol. The van der Waals surface area contributed by atoms with Crippen LogP contribution in [-0.2, 0) is 0 Å². The average Bonchev–Trinajstić information content (AvgIpc) is 2.93. The molecule has 3 N–H and O–H groups in total. The predicted molar refractivity (Wildman–Crippen MR) is 79.0 cm³/mol. The van der Waals surface area contributed by atoms with Gasteiger partial charge in [0.2, 0.25) is 0 Å². The number of methoxy groups -OCH3 is 1. The molecule has 0 fully saturated rings. The number of nitrogens with one attached hydrogen (secondary N) is 1. The van der Waals surface area contributed by atoms with Gasteiger partial charge in [-0.05, 0) is 18.2 Å². The molecule has 1 heterocycles. The van der Waals surface area contributed by atoms with E-state index in [9.17, 15) is 9.18 Å². The molecule has 0 aliphatic carbocycles. The lowest BCUT2D eigenvalue weighted by molar-refractivity contribution is 0.102. The van der Waals surface area contributed by atoms with Gasteiger partial charge in [0.1, 0.15) is 0 Å². The Labute approximate surface area is 125 Å². The molecule has 1 aromatic carbocycles. The lowest BCUT2D eigenvalue weighted by Gasteiger charge is -2.05. The summed E-state index contributed by atoms with van der Waals surface area (Å²) in [6, 6.07) is 3.87. The van der Waals surface area contributed by atoms with Crippen molar-refractivity contribution in [3.8, 4) is 17.6 Å². The van der Waals surface area contributed by atoms with E-state index in [0.717, 1.165) is 0 Å². The summed E-state index contributed by atoms with van der Waals surface area (Å²) in [7, 11) is 1.34. The number of nitrogens with two attached hydrogens (primary N) is 1. The first-order valence-corrected chi connectivity index (χ1v) is 6.75. The molecule has 0 radical (unpaired) electrons. The highest BCUT2D eigenvalue weighted by atomic mass is 32.1. The molecule has 21 heavy (non-hydrogen) atoms. The average molecular weight is 305 g/mol. The van der Waals surface area contributed by atoms with Gasteiger partial charge in [-0.25, -0.2) is 9.37 Å². The number of nitrogens with zero attached hydrogens (tertiary/aromatic N) is 1. The normalized spacial score (nSPS) is 9.67. The zero-order valence-corrected chi connectivity index (χ0v) is 12.0. The second-order valence-electron chi connectivity index (χ2n) is 3.84. The number of thiazole rings is 1. The third kappa shape index (κ3) is 3.78. The van der Waals surface area contributed by atoms with Crippen LogP contribution in [0.4, 0.5) is 9.52 Å². The Balaban J connectivity index is 2.12. The number of carbonyl (C=O) groups excluding carboxylic acids is 1. The smallest absolute Gasteiger partial charge is 0.257 e. The van der Waals surface area contributed by atoms with E-state index in [0.29, 0.717) is 10.0 Å². The predicted octanol–water partition coefficient (Wildman–Crippen LogP) is 1.85. The molecule has 0 bridgehead atoms. The number of anilines is 1. The molecule has 0 unspecified atom stereocenters. The number of ether oxygens (including phenoxy) is 1. The zero-order valence-electron chi connectivity index (χ0n) is 11.1. The van der Waals surface area contributed by atoms with Crippen molar-refractivity contribution in [3.05, 3.63) is 40.7 Å². The maximum absolute atomic E-state index is 13.3. The van der Waals surface area contributed by atoms with Crippen LogP contribution in [0, 0.1) is 17.7 Å². The van der Waals surface area contributed by atoms with Gasteiger partial charge in [0.05, 0.1) is 24.7 Å². The van der Waals surface area contributed by atoms with E-state index >= 15 is 0 Å². The molecule has 0 atom stereocenters. The number of aromatic nitrogens is 1. The quantitative estimate of drug-likeness (QED) is 0.849. The molecule has 2 aromatic rings. The molecule has 0 aliphatic heterocycles. The van der Waals surface area contributed by atoms with E-state index in [-0.39, 0.29) is 17.9 Å². The number of rotatable bonds is 3. The summed E-state index contributed by atoms with van der Waals surface area (Å²) >= 11 is 1.23. The van der Waals surface area contributed by atoms with Crippen molar-refractivity contribution < 1.29 is 13.9 Å². The summed E-state index contributed by atoms with van der Waals surface area (Å²) in [5.74, 6) is 4.61. The summed E-state index contributed by atoms with van der Waals surface area (Å²) in [4.78, 5) is 16.8. The Morgan fingerprint density at radius 3 is 3.10 bits per heavy atom. The van der Waals surface area contributed by atoms with Crippen molar-refractivity contribution in [2.24, 2.45) is 5.73 Å². The molecule has 1 aromatic heterocycles. The summed E-state index contributed by atoms with van der Waals surface area (Å²) in [6.45, 7) is 0.259. The van der Waals surface area contributed by atoms with Gasteiger partial charge in [0.15, 0.2) is 16.7 Å². The van der Waals surface area contributed by atoms with Crippen LogP contribution >= 0.6 is 11.3 Å². The maximum atomic E-state index is 13.3. The van der Waals surface area contributed by atoms with Gasteiger partial charge in [-0.15, -0.1) is 0 Å². The van der Waals surface area contributed by atoms with Crippen molar-refractivity contribution in [1.82, 2.24) is 4.98 Å². The number of carbonyl (C=O) groups is 1. The number of amides is 1. The summed E-state index contributed by atoms with van der Waals surface area (Å²) in [5.41, 5.74) is 5.55. The Bertz CT molecular complexity index is 718. The fraction of sp³-hybridized carbons (Fsp3) is 0.143. The SMILES string of the molecule is COc1cc(C(=O)Nc2ncc(C#CCN)s2)ccc1F. The van der Waals surface area contributed by atoms with E-state index in [2.05, 4.69) is 22.1 Å². The van der Waals surface area contributed by atoms with Crippen LogP contribution < -0.4 is 15.8 Å². The standard InChI is InChI=1S/C14H12FN3O2S/c1-20-12-7-9(4-5-11(12)15)13(19)18-14-17-8-10(21-14)3-2-6-16/h4-5,7-8H,6,16H2,1H3,(H,17,18,19). The topological polar surface area (TPSA) is 77.2 Å². The molecule has 2 rings (SSSR count). The zero-order chi connectivity index (χ0) is 15.2. The summed E-state index contributed by atoms with van der Waals surface area (Å²) in [6.07, 6.45) is 1.55. The fourth-order valence-electron chi connectivity index (χ4n) is 1.50. The van der Waals surface area contributed by atoms with Crippen molar-refractivity contribution >= 4 is 22.4 Å². The van der Waals surface area contributed by atoms with Crippen LogP contribution in [0.5, 0.6) is 5.75 Å². The molecule has 0 saturated carbocycles. The molecular formula is C14H12FN3O2S. The minimum atomic E-state index is -0.525. The highest BCUT2D eigenvalue weighted by molar-refractivity contribution is 7.16. The number of hydrogen-bond acceptors (Lipinski definition) is 5. The molecule has 108 valence electrons. The van der Waals surface area contributed by atoms with E-state index in [1.807, 2.05) is 0 Å². The maximum Gasteiger partial charge on any atom is 0.257 e. The van der Waals surface area contributed by atoms with Gasteiger partial charge in [-0.1, -0.05) is 23.2 Å². The van der Waals surface area contributed by atoms with E-state index < -0.39 is 11.7 Å². The van der Waals surface area contributed by atoms with Gasteiger partial charge in [-0.2, -0.15) is 0 Å². The Morgan fingerprint density at radius 2 is 2.38 bits per heavy atom. The lowest BCUT2D eigenvalue weighted by Crippen LogP contribution is -2.11. The van der Waals surface area contributed by atoms with Crippen LogP contribution in [0.3, 0.4) is 0 Å². The minimum absolute atomic E-state index is 0.0105. The van der Waals surface area contributed by atoms with Gasteiger partial charge in [0.25, 0.3) is 5.91 Å². The molecule has 0 spiro atoms. The molecule has 1 amide bonds. The summed E-state index contributed by atoms with van der Waals surface area (Å²) < 4.78 is 18.1. The van der Waals surface area contributed by atoms with Crippen LogP contribution in [0.1, 0.15) is 15.2 Å². The number of hydrogen-bond donors (Lipinski definition) is 2. The second-order valence-corrected chi connectivity index (χ2v) is 4.87. The monoisotopic (exact) mass is 305 g/mol. The lowest BCUT2D eigenvalue weighted by atomic mass is 10.2. The van der Waals surface area contributed by atoms with E-state index in [1.54, 1.807) is 6.20 Å². The van der Waals surface area contributed by atoms with Gasteiger partial charge < -0.3 is 10.5 Å². The third-order valence-corrected chi connectivity index (χ3v) is 3.28. The van der Waals surface area contributed by atoms with Gasteiger partial charge >= 0.3 is 0 Å². The third-order valence-electron chi connectivity index (χ3n) is 2.45. The van der Waals surface area contributed by atoms with Gasteiger partial charge in [-0.3, -0.25) is 10.1 Å². The van der Waals surface area contributed by atoms with E-state index in [4.69, 9.17) is 10.5 Å². The van der Waals surface area contributed by atoms with Crippen molar-refractivity contribution in [2.45, 2.75) is 0 Å². The van der Waals surface area contributed by atoms with Crippen LogP contribution in [0.25, 0.3) is 0 Å². The Hall–Kier alpha value is -2.43. The highest BCUT2D eigenvalue weighted by Crippen LogP contribution is 2.21. The first-order valence-electron chi connectivity index (χ1n) is 5.93. The number of halogens is 1. The second kappa shape index (κ2) is 6.83. The highest BCUT2D eigenvalue weighted by Gasteiger charge is 2.12. The van der Waals surface area contributed by atoms with Crippen molar-refractivity contribution in [2.75, 3.05) is 19.0 Å². The largest absolute Gasteiger partial charge is 0.494 e. The first-order chi connectivity index (χ1) is 10.1. The van der Waals surface area contributed by atoms with Crippen molar-refractivity contribution in [3.63, 3.8) is 0 Å². The fourth-order valence-corrected chi connectivity index (χ4v) is 2.18. The molecule has 0 saturated heterocycles. The van der Waals surface area contributed by atoms with E-state index in [1.165, 1.54) is 36.6 Å². The van der Waals surface area contributed by atoms with Gasteiger partial charge in [0, 0.05) is 5.56 Å². The number of benzene rings is 1. The molecule has 0 aliphatic rings. The van der Waals surface area contributed by atoms with Crippen molar-refractivity contribution in [1.29, 1.82) is 0 Å².